The highest BCUT2D eigenvalue weighted by atomic mass is 19.4. The van der Waals surface area contributed by atoms with E-state index in [0.29, 0.717) is 0 Å². The van der Waals surface area contributed by atoms with Gasteiger partial charge in [0.05, 0.1) is 11.9 Å². The number of nitrogens with zero attached hydrogens (tertiary/aromatic N) is 4. The maximum Gasteiger partial charge on any atom is 0.408 e. The number of rotatable bonds is 5. The van der Waals surface area contributed by atoms with Crippen LogP contribution in [-0.4, -0.2) is 51.0 Å². The lowest BCUT2D eigenvalue weighted by Gasteiger charge is -2.32. The summed E-state index contributed by atoms with van der Waals surface area (Å²) in [4.78, 5) is 18.4. The first-order chi connectivity index (χ1) is 12.9. The highest BCUT2D eigenvalue weighted by Crippen LogP contribution is 2.18. The number of anilines is 1. The molecule has 0 aliphatic carbocycles. The number of amides is 2. The van der Waals surface area contributed by atoms with Crippen molar-refractivity contribution >= 4 is 11.7 Å². The van der Waals surface area contributed by atoms with E-state index in [1.807, 2.05) is 12.1 Å². The van der Waals surface area contributed by atoms with Crippen molar-refractivity contribution in [1.29, 1.82) is 0 Å². The molecule has 0 spiro atoms. The van der Waals surface area contributed by atoms with Crippen LogP contribution in [0.15, 0.2) is 36.9 Å². The molecule has 27 heavy (non-hydrogen) atoms. The Balaban J connectivity index is 1.40. The first-order valence-electron chi connectivity index (χ1n) is 8.65. The Hall–Kier alpha value is -2.62. The third kappa shape index (κ3) is 6.24. The molecule has 7 nitrogen and oxygen atoms in total. The Kier molecular flexibility index (Phi) is 5.94. The van der Waals surface area contributed by atoms with Crippen molar-refractivity contribution in [3.63, 3.8) is 0 Å². The number of urea groups is 1. The van der Waals surface area contributed by atoms with Gasteiger partial charge in [-0.25, -0.2) is 4.79 Å². The fourth-order valence-corrected chi connectivity index (χ4v) is 3.03. The fourth-order valence-electron chi connectivity index (χ4n) is 3.03. The van der Waals surface area contributed by atoms with Crippen LogP contribution in [0, 0.1) is 0 Å². The molecule has 1 aliphatic rings. The summed E-state index contributed by atoms with van der Waals surface area (Å²) in [7, 11) is 0. The standard InChI is InChI=1S/C17H21F3N6O/c18-17(19,20)12-26-11-15(9-22-26)24-16(27)23-14-3-7-25(8-4-14)10-13-1-5-21-6-2-13/h1-2,5-6,9,11,14H,3-4,7-8,10,12H2,(H2,23,24,27). The van der Waals surface area contributed by atoms with Crippen molar-refractivity contribution in [1.82, 2.24) is 25.0 Å². The van der Waals surface area contributed by atoms with Crippen molar-refractivity contribution < 1.29 is 18.0 Å². The van der Waals surface area contributed by atoms with E-state index in [2.05, 4.69) is 25.6 Å². The van der Waals surface area contributed by atoms with Crippen LogP contribution in [0.2, 0.25) is 0 Å². The third-order valence-corrected chi connectivity index (χ3v) is 4.31. The topological polar surface area (TPSA) is 75.1 Å². The molecule has 0 radical (unpaired) electrons. The SMILES string of the molecule is O=C(Nc1cnn(CC(F)(F)F)c1)NC1CCN(Cc2ccncc2)CC1. The summed E-state index contributed by atoms with van der Waals surface area (Å²) in [6, 6.07) is 3.56. The largest absolute Gasteiger partial charge is 0.408 e. The predicted molar refractivity (Wildman–Crippen MR) is 93.0 cm³/mol. The lowest BCUT2D eigenvalue weighted by atomic mass is 10.0. The zero-order valence-electron chi connectivity index (χ0n) is 14.6. The number of pyridine rings is 1. The number of halogens is 3. The van der Waals surface area contributed by atoms with Crippen LogP contribution in [0.1, 0.15) is 18.4 Å². The maximum atomic E-state index is 12.3. The minimum atomic E-state index is -4.35. The number of carbonyl (C=O) groups is 1. The highest BCUT2D eigenvalue weighted by molar-refractivity contribution is 5.89. The van der Waals surface area contributed by atoms with Gasteiger partial charge in [-0.1, -0.05) is 0 Å². The van der Waals surface area contributed by atoms with E-state index in [-0.39, 0.29) is 11.7 Å². The minimum Gasteiger partial charge on any atom is -0.335 e. The zero-order valence-corrected chi connectivity index (χ0v) is 14.6. The summed E-state index contributed by atoms with van der Waals surface area (Å²) in [6.45, 7) is 1.37. The first-order valence-corrected chi connectivity index (χ1v) is 8.65. The van der Waals surface area contributed by atoms with Gasteiger partial charge in [-0.2, -0.15) is 18.3 Å². The molecule has 2 amide bonds. The van der Waals surface area contributed by atoms with Gasteiger partial charge in [0, 0.05) is 44.3 Å². The van der Waals surface area contributed by atoms with Crippen molar-refractivity contribution in [2.75, 3.05) is 18.4 Å². The van der Waals surface area contributed by atoms with Crippen LogP contribution in [0.25, 0.3) is 0 Å². The molecular weight excluding hydrogens is 361 g/mol. The van der Waals surface area contributed by atoms with Gasteiger partial charge in [-0.3, -0.25) is 14.6 Å². The molecule has 0 saturated carbocycles. The fraction of sp³-hybridized carbons (Fsp3) is 0.471. The summed E-state index contributed by atoms with van der Waals surface area (Å²) < 4.78 is 37.7. The van der Waals surface area contributed by atoms with Crippen LogP contribution in [-0.2, 0) is 13.1 Å². The molecule has 2 aromatic rings. The number of hydrogen-bond donors (Lipinski definition) is 2. The lowest BCUT2D eigenvalue weighted by molar-refractivity contribution is -0.142. The smallest absolute Gasteiger partial charge is 0.335 e. The van der Waals surface area contributed by atoms with Crippen LogP contribution in [0.5, 0.6) is 0 Å². The molecule has 0 bridgehead atoms. The average Bonchev–Trinajstić information content (AvgIpc) is 3.02. The molecule has 1 fully saturated rings. The number of nitrogens with one attached hydrogen (secondary N) is 2. The Bertz CT molecular complexity index is 741. The number of aromatic nitrogens is 3. The van der Waals surface area contributed by atoms with Crippen molar-refractivity contribution in [3.8, 4) is 0 Å². The van der Waals surface area contributed by atoms with E-state index < -0.39 is 18.8 Å². The number of piperidine rings is 1. The lowest BCUT2D eigenvalue weighted by Crippen LogP contribution is -2.45. The van der Waals surface area contributed by atoms with E-state index in [1.54, 1.807) is 12.4 Å². The summed E-state index contributed by atoms with van der Waals surface area (Å²) in [5.41, 5.74) is 1.43. The van der Waals surface area contributed by atoms with Gasteiger partial charge >= 0.3 is 12.2 Å². The first kappa shape index (κ1) is 19.2. The van der Waals surface area contributed by atoms with Crippen LogP contribution >= 0.6 is 0 Å². The Labute approximate surface area is 154 Å². The third-order valence-electron chi connectivity index (χ3n) is 4.31. The highest BCUT2D eigenvalue weighted by Gasteiger charge is 2.28. The molecule has 1 aliphatic heterocycles. The monoisotopic (exact) mass is 382 g/mol. The van der Waals surface area contributed by atoms with Gasteiger partial charge < -0.3 is 10.6 Å². The van der Waals surface area contributed by atoms with Gasteiger partial charge in [0.15, 0.2) is 0 Å². The van der Waals surface area contributed by atoms with Crippen molar-refractivity contribution in [2.45, 2.75) is 38.1 Å². The molecule has 2 N–H and O–H groups in total. The minimum absolute atomic E-state index is 0.0314. The predicted octanol–water partition coefficient (Wildman–Crippen LogP) is 2.63. The normalized spacial score (nSPS) is 16.3. The second kappa shape index (κ2) is 8.38. The number of alkyl halides is 3. The van der Waals surface area contributed by atoms with Crippen LogP contribution in [0.4, 0.5) is 23.7 Å². The molecule has 10 heteroatoms. The van der Waals surface area contributed by atoms with E-state index in [0.717, 1.165) is 43.4 Å². The van der Waals surface area contributed by atoms with Gasteiger partial charge in [-0.15, -0.1) is 0 Å². The van der Waals surface area contributed by atoms with E-state index >= 15 is 0 Å². The van der Waals surface area contributed by atoms with Gasteiger partial charge in [-0.05, 0) is 30.5 Å². The molecule has 1 saturated heterocycles. The Morgan fingerprint density at radius 1 is 1.22 bits per heavy atom. The van der Waals surface area contributed by atoms with Gasteiger partial charge in [0.2, 0.25) is 0 Å². The Morgan fingerprint density at radius 2 is 1.93 bits per heavy atom. The molecular formula is C17H21F3N6O. The second-order valence-corrected chi connectivity index (χ2v) is 6.55. The Morgan fingerprint density at radius 3 is 2.59 bits per heavy atom. The summed E-state index contributed by atoms with van der Waals surface area (Å²) in [5.74, 6) is 0. The quantitative estimate of drug-likeness (QED) is 0.834. The van der Waals surface area contributed by atoms with Crippen LogP contribution in [0.3, 0.4) is 0 Å². The van der Waals surface area contributed by atoms with Gasteiger partial charge in [0.25, 0.3) is 0 Å². The average molecular weight is 382 g/mol. The molecule has 3 rings (SSSR count). The molecule has 3 heterocycles. The molecule has 2 aromatic heterocycles. The van der Waals surface area contributed by atoms with Gasteiger partial charge in [0.1, 0.15) is 6.54 Å². The summed E-state index contributed by atoms with van der Waals surface area (Å²) in [5, 5.41) is 8.98. The number of carbonyl (C=O) groups excluding carboxylic acids is 1. The second-order valence-electron chi connectivity index (χ2n) is 6.55. The molecule has 0 unspecified atom stereocenters. The number of hydrogen-bond acceptors (Lipinski definition) is 4. The van der Waals surface area contributed by atoms with Crippen molar-refractivity contribution in [3.05, 3.63) is 42.5 Å². The number of likely N-dealkylation sites (tertiary alicyclic amines) is 1. The molecule has 0 atom stereocenters. The molecule has 0 aromatic carbocycles. The maximum absolute atomic E-state index is 12.3. The van der Waals surface area contributed by atoms with Crippen LogP contribution < -0.4 is 10.6 Å². The van der Waals surface area contributed by atoms with Crippen molar-refractivity contribution in [2.24, 2.45) is 0 Å². The van der Waals surface area contributed by atoms with E-state index in [1.165, 1.54) is 11.8 Å². The summed E-state index contributed by atoms with van der Waals surface area (Å²) in [6.07, 6.45) is 3.16. The van der Waals surface area contributed by atoms with E-state index in [4.69, 9.17) is 0 Å². The van der Waals surface area contributed by atoms with E-state index in [9.17, 15) is 18.0 Å². The zero-order chi connectivity index (χ0) is 19.3. The molecule has 146 valence electrons. The summed E-state index contributed by atoms with van der Waals surface area (Å²) >= 11 is 0.